The van der Waals surface area contributed by atoms with Crippen LogP contribution in [0.1, 0.15) is 12.8 Å². The lowest BCUT2D eigenvalue weighted by Gasteiger charge is -2.11. The number of hydrogen-bond donors (Lipinski definition) is 1. The van der Waals surface area contributed by atoms with Crippen LogP contribution >= 0.6 is 0 Å². The molecule has 0 unspecified atom stereocenters. The van der Waals surface area contributed by atoms with Gasteiger partial charge in [-0.25, -0.2) is 13.1 Å². The molecular formula is C19H24N4O4S. The van der Waals surface area contributed by atoms with Gasteiger partial charge in [-0.2, -0.15) is 10.2 Å². The summed E-state index contributed by atoms with van der Waals surface area (Å²) >= 11 is 0. The highest BCUT2D eigenvalue weighted by molar-refractivity contribution is 7.89. The van der Waals surface area contributed by atoms with Gasteiger partial charge in [0.25, 0.3) is 0 Å². The van der Waals surface area contributed by atoms with Crippen LogP contribution in [0, 0.1) is 0 Å². The second-order valence-corrected chi connectivity index (χ2v) is 7.95. The van der Waals surface area contributed by atoms with E-state index in [1.807, 2.05) is 43.3 Å². The second kappa shape index (κ2) is 9.95. The number of azo groups is 1. The van der Waals surface area contributed by atoms with Gasteiger partial charge in [0.2, 0.25) is 10.0 Å². The summed E-state index contributed by atoms with van der Waals surface area (Å²) in [5, 5.41) is 8.27. The van der Waals surface area contributed by atoms with Crippen LogP contribution in [0.15, 0.2) is 63.7 Å². The van der Waals surface area contributed by atoms with Crippen LogP contribution in [0.5, 0.6) is 0 Å². The van der Waals surface area contributed by atoms with Crippen molar-refractivity contribution in [2.75, 3.05) is 32.6 Å². The first kappa shape index (κ1) is 21.5. The van der Waals surface area contributed by atoms with Crippen LogP contribution in [0.4, 0.5) is 17.1 Å². The van der Waals surface area contributed by atoms with Crippen molar-refractivity contribution in [1.82, 2.24) is 4.72 Å². The van der Waals surface area contributed by atoms with E-state index < -0.39 is 10.0 Å². The Balaban J connectivity index is 1.95. The third kappa shape index (κ3) is 6.43. The molecule has 0 heterocycles. The van der Waals surface area contributed by atoms with Crippen LogP contribution < -0.4 is 9.62 Å². The molecule has 0 aliphatic heterocycles. The summed E-state index contributed by atoms with van der Waals surface area (Å²) in [6.07, 6.45) is 0.526. The van der Waals surface area contributed by atoms with Gasteiger partial charge in [0.05, 0.1) is 23.4 Å². The van der Waals surface area contributed by atoms with Gasteiger partial charge in [0.1, 0.15) is 0 Å². The number of nitrogens with zero attached hydrogens (tertiary/aromatic N) is 3. The highest BCUT2D eigenvalue weighted by atomic mass is 32.2. The van der Waals surface area contributed by atoms with Crippen molar-refractivity contribution in [1.29, 1.82) is 0 Å². The van der Waals surface area contributed by atoms with Gasteiger partial charge in [0, 0.05) is 32.7 Å². The number of carbonyl (C=O) groups is 1. The molecule has 9 heteroatoms. The Morgan fingerprint density at radius 2 is 1.54 bits per heavy atom. The average Bonchev–Trinajstić information content (AvgIpc) is 2.70. The SMILES string of the molecule is COC(=O)CCCNS(=O)(=O)c1ccc(/N=N/c2ccc(N(C)C)cc2)cc1. The van der Waals surface area contributed by atoms with Gasteiger partial charge in [-0.3, -0.25) is 4.79 Å². The Labute approximate surface area is 165 Å². The van der Waals surface area contributed by atoms with E-state index in [1.165, 1.54) is 19.2 Å². The maximum atomic E-state index is 12.2. The molecule has 150 valence electrons. The molecule has 2 aromatic carbocycles. The predicted molar refractivity (Wildman–Crippen MR) is 108 cm³/mol. The van der Waals surface area contributed by atoms with E-state index >= 15 is 0 Å². The maximum Gasteiger partial charge on any atom is 0.305 e. The van der Waals surface area contributed by atoms with Gasteiger partial charge in [0.15, 0.2) is 0 Å². The van der Waals surface area contributed by atoms with Gasteiger partial charge in [-0.1, -0.05) is 0 Å². The number of ether oxygens (including phenoxy) is 1. The molecule has 0 atom stereocenters. The van der Waals surface area contributed by atoms with Crippen molar-refractivity contribution in [3.05, 3.63) is 48.5 Å². The Hall–Kier alpha value is -2.78. The fraction of sp³-hybridized carbons (Fsp3) is 0.316. The van der Waals surface area contributed by atoms with E-state index in [9.17, 15) is 13.2 Å². The molecule has 28 heavy (non-hydrogen) atoms. The molecular weight excluding hydrogens is 380 g/mol. The van der Waals surface area contributed by atoms with E-state index in [0.29, 0.717) is 17.8 Å². The van der Waals surface area contributed by atoms with E-state index in [1.54, 1.807) is 12.1 Å². The summed E-state index contributed by atoms with van der Waals surface area (Å²) in [4.78, 5) is 13.1. The lowest BCUT2D eigenvalue weighted by molar-refractivity contribution is -0.140. The van der Waals surface area contributed by atoms with Gasteiger partial charge in [-0.05, 0) is 55.0 Å². The zero-order valence-electron chi connectivity index (χ0n) is 16.1. The van der Waals surface area contributed by atoms with Crippen LogP contribution in [0.3, 0.4) is 0 Å². The molecule has 0 aromatic heterocycles. The number of rotatable bonds is 9. The van der Waals surface area contributed by atoms with Crippen LogP contribution in [-0.2, 0) is 19.6 Å². The van der Waals surface area contributed by atoms with Crippen LogP contribution in [-0.4, -0.2) is 42.1 Å². The zero-order valence-corrected chi connectivity index (χ0v) is 16.9. The third-order valence-corrected chi connectivity index (χ3v) is 5.35. The minimum absolute atomic E-state index is 0.125. The first-order chi connectivity index (χ1) is 13.3. The summed E-state index contributed by atoms with van der Waals surface area (Å²) in [5.41, 5.74) is 2.31. The van der Waals surface area contributed by atoms with Gasteiger partial charge >= 0.3 is 5.97 Å². The number of esters is 1. The third-order valence-electron chi connectivity index (χ3n) is 3.87. The molecule has 0 saturated carbocycles. The van der Waals surface area contributed by atoms with E-state index in [2.05, 4.69) is 19.7 Å². The van der Waals surface area contributed by atoms with Gasteiger partial charge in [-0.15, -0.1) is 0 Å². The predicted octanol–water partition coefficient (Wildman–Crippen LogP) is 3.40. The standard InChI is InChI=1S/C19H24N4O4S/c1-23(2)17-10-6-15(7-11-17)21-22-16-8-12-18(13-9-16)28(25,26)20-14-4-5-19(24)27-3/h6-13,20H,4-5,14H2,1-3H3/b22-21+. The summed E-state index contributed by atoms with van der Waals surface area (Å²) in [6.45, 7) is 0.155. The van der Waals surface area contributed by atoms with Crippen molar-refractivity contribution in [3.8, 4) is 0 Å². The van der Waals surface area contributed by atoms with E-state index in [0.717, 1.165) is 5.69 Å². The smallest absolute Gasteiger partial charge is 0.305 e. The molecule has 2 rings (SSSR count). The molecule has 0 aliphatic carbocycles. The highest BCUT2D eigenvalue weighted by Gasteiger charge is 2.13. The van der Waals surface area contributed by atoms with Gasteiger partial charge < -0.3 is 9.64 Å². The lowest BCUT2D eigenvalue weighted by Crippen LogP contribution is -2.25. The fourth-order valence-electron chi connectivity index (χ4n) is 2.25. The maximum absolute atomic E-state index is 12.2. The number of hydrogen-bond acceptors (Lipinski definition) is 7. The first-order valence-electron chi connectivity index (χ1n) is 8.67. The number of sulfonamides is 1. The summed E-state index contributed by atoms with van der Waals surface area (Å²) in [6, 6.07) is 13.7. The lowest BCUT2D eigenvalue weighted by atomic mass is 10.3. The summed E-state index contributed by atoms with van der Waals surface area (Å²) in [5.74, 6) is -0.370. The molecule has 0 bridgehead atoms. The fourth-order valence-corrected chi connectivity index (χ4v) is 3.32. The number of anilines is 1. The summed E-state index contributed by atoms with van der Waals surface area (Å²) < 4.78 is 31.4. The normalized spacial score (nSPS) is 11.5. The Morgan fingerprint density at radius 3 is 2.04 bits per heavy atom. The number of carbonyl (C=O) groups excluding carboxylic acids is 1. The molecule has 0 fully saturated rings. The number of benzene rings is 2. The molecule has 0 amide bonds. The minimum Gasteiger partial charge on any atom is -0.469 e. The Bertz CT molecular complexity index is 908. The van der Waals surface area contributed by atoms with Crippen molar-refractivity contribution >= 4 is 33.1 Å². The average molecular weight is 404 g/mol. The topological polar surface area (TPSA) is 100 Å². The Morgan fingerprint density at radius 1 is 1.00 bits per heavy atom. The largest absolute Gasteiger partial charge is 0.469 e. The van der Waals surface area contributed by atoms with Crippen molar-refractivity contribution in [2.24, 2.45) is 10.2 Å². The molecule has 0 spiro atoms. The quantitative estimate of drug-likeness (QED) is 0.392. The molecule has 8 nitrogen and oxygen atoms in total. The molecule has 2 aromatic rings. The first-order valence-corrected chi connectivity index (χ1v) is 10.2. The Kier molecular flexibility index (Phi) is 7.65. The van der Waals surface area contributed by atoms with Crippen LogP contribution in [0.2, 0.25) is 0 Å². The van der Waals surface area contributed by atoms with Crippen molar-refractivity contribution in [3.63, 3.8) is 0 Å². The second-order valence-electron chi connectivity index (χ2n) is 6.18. The zero-order chi connectivity index (χ0) is 20.6. The monoisotopic (exact) mass is 404 g/mol. The molecule has 0 radical (unpaired) electrons. The van der Waals surface area contributed by atoms with Crippen molar-refractivity contribution < 1.29 is 17.9 Å². The molecule has 1 N–H and O–H groups in total. The van der Waals surface area contributed by atoms with Crippen LogP contribution in [0.25, 0.3) is 0 Å². The number of nitrogens with one attached hydrogen (secondary N) is 1. The number of methoxy groups -OCH3 is 1. The van der Waals surface area contributed by atoms with Crippen molar-refractivity contribution in [2.45, 2.75) is 17.7 Å². The summed E-state index contributed by atoms with van der Waals surface area (Å²) in [7, 11) is 1.57. The molecule has 0 saturated heterocycles. The van der Waals surface area contributed by atoms with E-state index in [-0.39, 0.29) is 23.8 Å². The van der Waals surface area contributed by atoms with E-state index in [4.69, 9.17) is 0 Å². The molecule has 0 aliphatic rings. The minimum atomic E-state index is -3.64. The highest BCUT2D eigenvalue weighted by Crippen LogP contribution is 2.22.